The molecule has 0 atom stereocenters. The van der Waals surface area contributed by atoms with Crippen molar-refractivity contribution in [1.82, 2.24) is 4.90 Å². The summed E-state index contributed by atoms with van der Waals surface area (Å²) in [4.78, 5) is 2.53. The van der Waals surface area contributed by atoms with Crippen molar-refractivity contribution in [3.8, 4) is 0 Å². The fraction of sp³-hybridized carbons (Fsp3) is 0.818. The van der Waals surface area contributed by atoms with Crippen molar-refractivity contribution < 1.29 is 4.74 Å². The van der Waals surface area contributed by atoms with E-state index in [1.807, 2.05) is 0 Å². The Labute approximate surface area is 90.1 Å². The van der Waals surface area contributed by atoms with Gasteiger partial charge in [0.25, 0.3) is 0 Å². The molecule has 1 rings (SSSR count). The smallest absolute Gasteiger partial charge is 0.0594 e. The molecule has 2 nitrogen and oxygen atoms in total. The second kappa shape index (κ2) is 7.21. The molecule has 0 aliphatic carbocycles. The molecule has 82 valence electrons. The van der Waals surface area contributed by atoms with Gasteiger partial charge in [0.1, 0.15) is 0 Å². The standard InChI is InChI=1S/C11H23NOSi/c1-11(2)10-14-9-3-4-12-5-7-13-8-6-12/h10H,3-9,14H2,1-2H3. The molecule has 1 saturated heterocycles. The van der Waals surface area contributed by atoms with Crippen LogP contribution in [0, 0.1) is 0 Å². The molecule has 0 unspecified atom stereocenters. The third-order valence-electron chi connectivity index (χ3n) is 2.58. The van der Waals surface area contributed by atoms with E-state index < -0.39 is 0 Å². The molecule has 1 aliphatic rings. The van der Waals surface area contributed by atoms with Gasteiger partial charge in [-0.05, 0) is 26.8 Å². The number of nitrogens with zero attached hydrogens (tertiary/aromatic N) is 1. The van der Waals surface area contributed by atoms with Gasteiger partial charge in [0.2, 0.25) is 0 Å². The third kappa shape index (κ3) is 5.57. The van der Waals surface area contributed by atoms with Gasteiger partial charge in [-0.15, -0.1) is 5.70 Å². The van der Waals surface area contributed by atoms with Crippen LogP contribution in [0.1, 0.15) is 20.3 Å². The Morgan fingerprint density at radius 3 is 2.71 bits per heavy atom. The van der Waals surface area contributed by atoms with Crippen molar-refractivity contribution >= 4 is 9.52 Å². The molecule has 1 heterocycles. The Balaban J connectivity index is 1.95. The molecule has 0 aromatic rings. The summed E-state index contributed by atoms with van der Waals surface area (Å²) in [6, 6.07) is 1.46. The Morgan fingerprint density at radius 2 is 2.07 bits per heavy atom. The van der Waals surface area contributed by atoms with Crippen LogP contribution in [0.4, 0.5) is 0 Å². The number of hydrogen-bond acceptors (Lipinski definition) is 2. The predicted octanol–water partition coefficient (Wildman–Crippen LogP) is 1.22. The number of hydrogen-bond donors (Lipinski definition) is 0. The Kier molecular flexibility index (Phi) is 6.15. The molecular weight excluding hydrogens is 190 g/mol. The Hall–Kier alpha value is -0.123. The minimum absolute atomic E-state index is 0.0973. The molecule has 0 spiro atoms. The summed E-state index contributed by atoms with van der Waals surface area (Å²) >= 11 is 0. The van der Waals surface area contributed by atoms with Crippen LogP contribution >= 0.6 is 0 Å². The number of allylic oxidation sites excluding steroid dienone is 1. The van der Waals surface area contributed by atoms with Crippen molar-refractivity contribution in [2.24, 2.45) is 0 Å². The third-order valence-corrected chi connectivity index (χ3v) is 4.60. The topological polar surface area (TPSA) is 12.5 Å². The highest BCUT2D eigenvalue weighted by atomic mass is 28.2. The highest BCUT2D eigenvalue weighted by Crippen LogP contribution is 2.00. The molecule has 1 aliphatic heterocycles. The van der Waals surface area contributed by atoms with E-state index in [1.165, 1.54) is 24.6 Å². The van der Waals surface area contributed by atoms with Crippen molar-refractivity contribution in [1.29, 1.82) is 0 Å². The van der Waals surface area contributed by atoms with Crippen molar-refractivity contribution in [2.45, 2.75) is 26.3 Å². The summed E-state index contributed by atoms with van der Waals surface area (Å²) < 4.78 is 5.32. The maximum atomic E-state index is 5.32. The molecular formula is C11H23NOSi. The fourth-order valence-electron chi connectivity index (χ4n) is 1.70. The van der Waals surface area contributed by atoms with Gasteiger partial charge >= 0.3 is 0 Å². The summed E-state index contributed by atoms with van der Waals surface area (Å²) in [5.41, 5.74) is 3.97. The SMILES string of the molecule is CC(C)=C[SiH2]CCCN1CCOCC1. The minimum atomic E-state index is 0.0973. The van der Waals surface area contributed by atoms with Gasteiger partial charge in [-0.2, -0.15) is 0 Å². The monoisotopic (exact) mass is 213 g/mol. The van der Waals surface area contributed by atoms with Crippen LogP contribution < -0.4 is 0 Å². The highest BCUT2D eigenvalue weighted by Gasteiger charge is 2.08. The summed E-state index contributed by atoms with van der Waals surface area (Å²) in [6.45, 7) is 9.85. The van der Waals surface area contributed by atoms with Gasteiger partial charge < -0.3 is 4.74 Å². The minimum Gasteiger partial charge on any atom is -0.379 e. The lowest BCUT2D eigenvalue weighted by molar-refractivity contribution is 0.0380. The molecule has 0 N–H and O–H groups in total. The van der Waals surface area contributed by atoms with Gasteiger partial charge in [-0.1, -0.05) is 11.6 Å². The molecule has 0 bridgehead atoms. The molecule has 1 fully saturated rings. The molecule has 0 radical (unpaired) electrons. The summed E-state index contributed by atoms with van der Waals surface area (Å²) in [7, 11) is 0.0973. The molecule has 0 amide bonds. The van der Waals surface area contributed by atoms with E-state index in [0.717, 1.165) is 26.3 Å². The van der Waals surface area contributed by atoms with E-state index in [1.54, 1.807) is 0 Å². The van der Waals surface area contributed by atoms with Crippen molar-refractivity contribution in [2.75, 3.05) is 32.8 Å². The number of ether oxygens (including phenoxy) is 1. The number of morpholine rings is 1. The van der Waals surface area contributed by atoms with Crippen LogP contribution in [0.5, 0.6) is 0 Å². The zero-order valence-corrected chi connectivity index (χ0v) is 11.0. The lowest BCUT2D eigenvalue weighted by atomic mass is 10.3. The second-order valence-corrected chi connectivity index (χ2v) is 5.92. The number of rotatable bonds is 5. The van der Waals surface area contributed by atoms with E-state index in [2.05, 4.69) is 24.4 Å². The van der Waals surface area contributed by atoms with E-state index in [-0.39, 0.29) is 9.52 Å². The van der Waals surface area contributed by atoms with E-state index in [4.69, 9.17) is 4.74 Å². The quantitative estimate of drug-likeness (QED) is 0.503. The van der Waals surface area contributed by atoms with E-state index >= 15 is 0 Å². The lowest BCUT2D eigenvalue weighted by Gasteiger charge is -2.26. The van der Waals surface area contributed by atoms with Crippen LogP contribution in [-0.2, 0) is 4.74 Å². The Bertz CT molecular complexity index is 172. The van der Waals surface area contributed by atoms with Crippen LogP contribution in [0.2, 0.25) is 6.04 Å². The van der Waals surface area contributed by atoms with Crippen molar-refractivity contribution in [3.63, 3.8) is 0 Å². The van der Waals surface area contributed by atoms with E-state index in [0.29, 0.717) is 0 Å². The first-order chi connectivity index (χ1) is 6.79. The summed E-state index contributed by atoms with van der Waals surface area (Å²) in [5, 5.41) is 0. The van der Waals surface area contributed by atoms with Gasteiger partial charge in [0.05, 0.1) is 13.2 Å². The second-order valence-electron chi connectivity index (χ2n) is 4.23. The Morgan fingerprint density at radius 1 is 1.36 bits per heavy atom. The largest absolute Gasteiger partial charge is 0.379 e. The lowest BCUT2D eigenvalue weighted by Crippen LogP contribution is -2.36. The first-order valence-electron chi connectivity index (χ1n) is 5.72. The first kappa shape index (κ1) is 11.9. The zero-order valence-electron chi connectivity index (χ0n) is 9.59. The van der Waals surface area contributed by atoms with Crippen LogP contribution in [0.3, 0.4) is 0 Å². The normalized spacial score (nSPS) is 19.0. The summed E-state index contributed by atoms with van der Waals surface area (Å²) in [5.74, 6) is 0. The predicted molar refractivity (Wildman–Crippen MR) is 64.7 cm³/mol. The van der Waals surface area contributed by atoms with Crippen LogP contribution in [0.25, 0.3) is 0 Å². The molecule has 14 heavy (non-hydrogen) atoms. The van der Waals surface area contributed by atoms with Crippen LogP contribution in [-0.4, -0.2) is 47.3 Å². The molecule has 0 saturated carbocycles. The van der Waals surface area contributed by atoms with E-state index in [9.17, 15) is 0 Å². The highest BCUT2D eigenvalue weighted by molar-refractivity contribution is 6.42. The van der Waals surface area contributed by atoms with Crippen LogP contribution in [0.15, 0.2) is 11.3 Å². The maximum absolute atomic E-state index is 5.32. The average Bonchev–Trinajstić information content (AvgIpc) is 2.18. The molecule has 0 aromatic heterocycles. The maximum Gasteiger partial charge on any atom is 0.0594 e. The van der Waals surface area contributed by atoms with Gasteiger partial charge in [-0.25, -0.2) is 0 Å². The zero-order chi connectivity index (χ0) is 10.2. The van der Waals surface area contributed by atoms with Crippen molar-refractivity contribution in [3.05, 3.63) is 11.3 Å². The first-order valence-corrected chi connectivity index (χ1v) is 7.54. The van der Waals surface area contributed by atoms with Gasteiger partial charge in [0.15, 0.2) is 0 Å². The van der Waals surface area contributed by atoms with Gasteiger partial charge in [-0.3, -0.25) is 4.90 Å². The summed E-state index contributed by atoms with van der Waals surface area (Å²) in [6.07, 6.45) is 1.38. The molecule has 0 aromatic carbocycles. The van der Waals surface area contributed by atoms with Gasteiger partial charge in [0, 0.05) is 22.6 Å². The molecule has 3 heteroatoms. The fourth-order valence-corrected chi connectivity index (χ4v) is 2.99. The average molecular weight is 213 g/mol.